The monoisotopic (exact) mass is 459 g/mol. The molecular weight excluding hydrogens is 430 g/mol. The number of nitrogens with one attached hydrogen (secondary N) is 1. The highest BCUT2D eigenvalue weighted by molar-refractivity contribution is 5.93. The molecule has 2 N–H and O–H groups in total. The van der Waals surface area contributed by atoms with Crippen molar-refractivity contribution in [1.29, 1.82) is 5.26 Å². The lowest BCUT2D eigenvalue weighted by molar-refractivity contribution is -0.117. The molecular formula is C26H29N5O3. The molecule has 0 aliphatic carbocycles. The van der Waals surface area contributed by atoms with E-state index in [2.05, 4.69) is 21.2 Å². The number of amides is 1. The zero-order valence-electron chi connectivity index (χ0n) is 19.7. The molecule has 2 aromatic carbocycles. The molecule has 3 aromatic rings. The Morgan fingerprint density at radius 3 is 2.38 bits per heavy atom. The molecule has 34 heavy (non-hydrogen) atoms. The van der Waals surface area contributed by atoms with E-state index in [4.69, 9.17) is 4.74 Å². The van der Waals surface area contributed by atoms with Crippen LogP contribution < -0.4 is 15.0 Å². The van der Waals surface area contributed by atoms with Crippen molar-refractivity contribution in [2.24, 2.45) is 0 Å². The van der Waals surface area contributed by atoms with Gasteiger partial charge in [0.1, 0.15) is 23.4 Å². The maximum atomic E-state index is 13.0. The van der Waals surface area contributed by atoms with Crippen LogP contribution in [0.2, 0.25) is 0 Å². The van der Waals surface area contributed by atoms with Crippen molar-refractivity contribution < 1.29 is 14.6 Å². The summed E-state index contributed by atoms with van der Waals surface area (Å²) in [6.45, 7) is 6.89. The number of anilines is 2. The van der Waals surface area contributed by atoms with Crippen molar-refractivity contribution >= 4 is 17.4 Å². The number of phenolic OH excluding ortho intramolecular Hbond substituents is 1. The van der Waals surface area contributed by atoms with Gasteiger partial charge in [-0.25, -0.2) is 0 Å². The van der Waals surface area contributed by atoms with Crippen molar-refractivity contribution in [3.63, 3.8) is 0 Å². The highest BCUT2D eigenvalue weighted by atomic mass is 16.5. The van der Waals surface area contributed by atoms with Gasteiger partial charge in [-0.1, -0.05) is 12.1 Å². The van der Waals surface area contributed by atoms with Crippen molar-refractivity contribution in [1.82, 2.24) is 9.47 Å². The summed E-state index contributed by atoms with van der Waals surface area (Å²) in [5.74, 6) is 1.32. The van der Waals surface area contributed by atoms with Crippen LogP contribution in [0.15, 0.2) is 48.5 Å². The zero-order chi connectivity index (χ0) is 24.2. The normalized spacial score (nSPS) is 14.0. The quantitative estimate of drug-likeness (QED) is 0.587. The molecule has 0 spiro atoms. The summed E-state index contributed by atoms with van der Waals surface area (Å²) >= 11 is 0. The predicted molar refractivity (Wildman–Crippen MR) is 132 cm³/mol. The van der Waals surface area contributed by atoms with Crippen LogP contribution in [0.4, 0.5) is 11.5 Å². The van der Waals surface area contributed by atoms with Crippen LogP contribution in [0.5, 0.6) is 11.5 Å². The number of para-hydroxylation sites is 2. The van der Waals surface area contributed by atoms with Crippen LogP contribution in [0.3, 0.4) is 0 Å². The van der Waals surface area contributed by atoms with Crippen LogP contribution in [-0.2, 0) is 4.79 Å². The van der Waals surface area contributed by atoms with Gasteiger partial charge >= 0.3 is 0 Å². The van der Waals surface area contributed by atoms with E-state index in [0.29, 0.717) is 24.5 Å². The Morgan fingerprint density at radius 2 is 1.76 bits per heavy atom. The van der Waals surface area contributed by atoms with Crippen LogP contribution in [-0.4, -0.2) is 60.3 Å². The largest absolute Gasteiger partial charge is 0.506 e. The average Bonchev–Trinajstić information content (AvgIpc) is 3.08. The number of aromatic nitrogens is 1. The molecule has 2 heterocycles. The summed E-state index contributed by atoms with van der Waals surface area (Å²) in [7, 11) is 1.61. The fraction of sp³-hybridized carbons (Fsp3) is 0.308. The standard InChI is InChI=1S/C26H29N5O3/c1-18-19(2)31(20-8-10-21(34-3)11-9-20)26(22(18)16-27)28-25(33)17-29-12-14-30(15-13-29)23-6-4-5-7-24(23)32/h4-11,32H,12-15,17H2,1-3H3,(H,28,33). The molecule has 1 aliphatic rings. The smallest absolute Gasteiger partial charge is 0.239 e. The van der Waals surface area contributed by atoms with Gasteiger partial charge in [-0.2, -0.15) is 5.26 Å². The van der Waals surface area contributed by atoms with Crippen molar-refractivity contribution in [3.8, 4) is 23.3 Å². The number of benzene rings is 2. The van der Waals surface area contributed by atoms with Crippen LogP contribution in [0.25, 0.3) is 5.69 Å². The molecule has 8 heteroatoms. The number of aromatic hydroxyl groups is 1. The Morgan fingerprint density at radius 1 is 1.09 bits per heavy atom. The Labute approximate surface area is 199 Å². The number of phenols is 1. The highest BCUT2D eigenvalue weighted by Crippen LogP contribution is 2.31. The molecule has 1 fully saturated rings. The summed E-state index contributed by atoms with van der Waals surface area (Å²) < 4.78 is 7.16. The molecule has 1 amide bonds. The summed E-state index contributed by atoms with van der Waals surface area (Å²) in [6.07, 6.45) is 0. The van der Waals surface area contributed by atoms with E-state index in [0.717, 1.165) is 41.5 Å². The maximum Gasteiger partial charge on any atom is 0.239 e. The second-order valence-electron chi connectivity index (χ2n) is 8.38. The van der Waals surface area contributed by atoms with Crippen LogP contribution >= 0.6 is 0 Å². The van der Waals surface area contributed by atoms with E-state index in [1.165, 1.54) is 0 Å². The first-order valence-corrected chi connectivity index (χ1v) is 11.2. The average molecular weight is 460 g/mol. The van der Waals surface area contributed by atoms with Crippen LogP contribution in [0, 0.1) is 25.2 Å². The number of piperazine rings is 1. The number of nitrogens with zero attached hydrogens (tertiary/aromatic N) is 4. The Hall–Kier alpha value is -3.96. The zero-order valence-corrected chi connectivity index (χ0v) is 19.7. The fourth-order valence-corrected chi connectivity index (χ4v) is 4.37. The molecule has 0 unspecified atom stereocenters. The Kier molecular flexibility index (Phi) is 6.75. The van der Waals surface area contributed by atoms with E-state index in [9.17, 15) is 15.2 Å². The van der Waals surface area contributed by atoms with Gasteiger partial charge in [0.2, 0.25) is 5.91 Å². The van der Waals surface area contributed by atoms with Gasteiger partial charge in [0.15, 0.2) is 0 Å². The lowest BCUT2D eigenvalue weighted by Gasteiger charge is -2.35. The first-order chi connectivity index (χ1) is 16.4. The highest BCUT2D eigenvalue weighted by Gasteiger charge is 2.24. The molecule has 176 valence electrons. The van der Waals surface area contributed by atoms with Gasteiger partial charge < -0.3 is 20.1 Å². The van der Waals surface area contributed by atoms with Gasteiger partial charge in [-0.3, -0.25) is 14.3 Å². The number of carbonyl (C=O) groups excluding carboxylic acids is 1. The molecule has 0 atom stereocenters. The number of carbonyl (C=O) groups is 1. The lowest BCUT2D eigenvalue weighted by atomic mass is 10.2. The number of methoxy groups -OCH3 is 1. The number of hydrogen-bond donors (Lipinski definition) is 2. The Bertz CT molecular complexity index is 1220. The summed E-state index contributed by atoms with van der Waals surface area (Å²) in [5, 5.41) is 22.9. The van der Waals surface area contributed by atoms with Gasteiger partial charge in [-0.15, -0.1) is 0 Å². The van der Waals surface area contributed by atoms with E-state index >= 15 is 0 Å². The summed E-state index contributed by atoms with van der Waals surface area (Å²) in [6, 6.07) is 17.1. The van der Waals surface area contributed by atoms with Gasteiger partial charge in [-0.05, 0) is 55.8 Å². The minimum absolute atomic E-state index is 0.167. The number of rotatable bonds is 6. The third-order valence-corrected chi connectivity index (χ3v) is 6.38. The van der Waals surface area contributed by atoms with E-state index in [-0.39, 0.29) is 18.2 Å². The van der Waals surface area contributed by atoms with Gasteiger partial charge in [0.25, 0.3) is 0 Å². The van der Waals surface area contributed by atoms with E-state index in [1.54, 1.807) is 19.2 Å². The van der Waals surface area contributed by atoms with E-state index in [1.807, 2.05) is 54.8 Å². The third-order valence-electron chi connectivity index (χ3n) is 6.38. The molecule has 4 rings (SSSR count). The number of ether oxygens (including phenoxy) is 1. The minimum Gasteiger partial charge on any atom is -0.506 e. The molecule has 0 radical (unpaired) electrons. The number of hydrogen-bond acceptors (Lipinski definition) is 6. The first kappa shape index (κ1) is 23.2. The molecule has 1 aliphatic heterocycles. The Balaban J connectivity index is 1.47. The van der Waals surface area contributed by atoms with Crippen molar-refractivity contribution in [2.75, 3.05) is 50.1 Å². The lowest BCUT2D eigenvalue weighted by Crippen LogP contribution is -2.48. The van der Waals surface area contributed by atoms with Crippen molar-refractivity contribution in [3.05, 3.63) is 65.4 Å². The SMILES string of the molecule is COc1ccc(-n2c(C)c(C)c(C#N)c2NC(=O)CN2CCN(c3ccccc3O)CC2)cc1. The molecule has 1 saturated heterocycles. The predicted octanol–water partition coefficient (Wildman–Crippen LogP) is 3.44. The van der Waals surface area contributed by atoms with Crippen LogP contribution in [0.1, 0.15) is 16.8 Å². The topological polar surface area (TPSA) is 93.8 Å². The van der Waals surface area contributed by atoms with E-state index < -0.39 is 0 Å². The van der Waals surface area contributed by atoms with Gasteiger partial charge in [0, 0.05) is 37.6 Å². The molecule has 0 bridgehead atoms. The fourth-order valence-electron chi connectivity index (χ4n) is 4.37. The minimum atomic E-state index is -0.167. The maximum absolute atomic E-state index is 13.0. The number of nitriles is 1. The summed E-state index contributed by atoms with van der Waals surface area (Å²) in [5.41, 5.74) is 3.85. The third kappa shape index (κ3) is 4.56. The molecule has 0 saturated carbocycles. The summed E-state index contributed by atoms with van der Waals surface area (Å²) in [4.78, 5) is 17.2. The molecule has 1 aromatic heterocycles. The second-order valence-corrected chi connectivity index (χ2v) is 8.38. The second kappa shape index (κ2) is 9.89. The van der Waals surface area contributed by atoms with Gasteiger partial charge in [0.05, 0.1) is 24.9 Å². The van der Waals surface area contributed by atoms with Crippen molar-refractivity contribution in [2.45, 2.75) is 13.8 Å². The first-order valence-electron chi connectivity index (χ1n) is 11.2. The molecule has 8 nitrogen and oxygen atoms in total.